The number of hydrogen-bond donors (Lipinski definition) is 2. The molecule has 0 atom stereocenters. The summed E-state index contributed by atoms with van der Waals surface area (Å²) in [6.07, 6.45) is -4.47. The van der Waals surface area contributed by atoms with E-state index in [0.29, 0.717) is 21.3 Å². The summed E-state index contributed by atoms with van der Waals surface area (Å²) in [5.74, 6) is -1.10. The molecule has 3 aromatic rings. The minimum absolute atomic E-state index is 0.0862. The number of hydrazine groups is 1. The van der Waals surface area contributed by atoms with Crippen LogP contribution in [0.15, 0.2) is 47.6 Å². The number of thioether (sulfide) groups is 1. The molecule has 0 aliphatic carbocycles. The van der Waals surface area contributed by atoms with Crippen molar-refractivity contribution >= 4 is 46.2 Å². The Morgan fingerprint density at radius 1 is 1.13 bits per heavy atom. The second-order valence-electron chi connectivity index (χ2n) is 6.86. The summed E-state index contributed by atoms with van der Waals surface area (Å²) in [6.45, 7) is 3.74. The molecule has 0 saturated heterocycles. The van der Waals surface area contributed by atoms with Gasteiger partial charge in [-0.05, 0) is 56.3 Å². The summed E-state index contributed by atoms with van der Waals surface area (Å²) in [4.78, 5) is 28.4. The molecule has 1 heterocycles. The van der Waals surface area contributed by atoms with Gasteiger partial charge in [0, 0.05) is 16.6 Å². The fraction of sp³-hybridized carbons (Fsp3) is 0.250. The lowest BCUT2D eigenvalue weighted by molar-refractivity contribution is -0.137. The van der Waals surface area contributed by atoms with E-state index in [4.69, 9.17) is 11.6 Å². The fourth-order valence-electron chi connectivity index (χ4n) is 2.82. The SMILES string of the molecule is CC(C)n1c(SCC(=O)NNC(=O)c2ccc(Cl)cc2)nc2cc(C(F)(F)F)ccc21. The van der Waals surface area contributed by atoms with E-state index >= 15 is 0 Å². The van der Waals surface area contributed by atoms with Gasteiger partial charge in [0.15, 0.2) is 5.16 Å². The van der Waals surface area contributed by atoms with Crippen LogP contribution in [0.4, 0.5) is 13.2 Å². The molecule has 0 aliphatic rings. The summed E-state index contributed by atoms with van der Waals surface area (Å²) in [5.41, 5.74) is 4.87. The lowest BCUT2D eigenvalue weighted by atomic mass is 10.2. The van der Waals surface area contributed by atoms with Crippen molar-refractivity contribution in [3.05, 3.63) is 58.6 Å². The highest BCUT2D eigenvalue weighted by Gasteiger charge is 2.31. The molecular formula is C20H18ClF3N4O2S. The van der Waals surface area contributed by atoms with E-state index in [1.54, 1.807) is 16.7 Å². The number of amides is 2. The Bertz CT molecular complexity index is 1110. The predicted octanol–water partition coefficient (Wildman–Crippen LogP) is 4.84. The van der Waals surface area contributed by atoms with Crippen LogP contribution < -0.4 is 10.9 Å². The normalized spacial score (nSPS) is 11.7. The van der Waals surface area contributed by atoms with Crippen LogP contribution in [-0.2, 0) is 11.0 Å². The second kappa shape index (κ2) is 9.19. The van der Waals surface area contributed by atoms with Gasteiger partial charge in [-0.15, -0.1) is 0 Å². The molecule has 0 aliphatic heterocycles. The summed E-state index contributed by atoms with van der Waals surface area (Å²) in [7, 11) is 0. The highest BCUT2D eigenvalue weighted by molar-refractivity contribution is 7.99. The smallest absolute Gasteiger partial charge is 0.316 e. The monoisotopic (exact) mass is 470 g/mol. The Hall–Kier alpha value is -2.72. The second-order valence-corrected chi connectivity index (χ2v) is 8.24. The summed E-state index contributed by atoms with van der Waals surface area (Å²) >= 11 is 6.83. The summed E-state index contributed by atoms with van der Waals surface area (Å²) in [5, 5.41) is 0.885. The molecule has 0 fully saturated rings. The van der Waals surface area contributed by atoms with Crippen LogP contribution in [0.5, 0.6) is 0 Å². The third kappa shape index (κ3) is 5.50. The van der Waals surface area contributed by atoms with Crippen molar-refractivity contribution in [2.45, 2.75) is 31.2 Å². The molecule has 11 heteroatoms. The van der Waals surface area contributed by atoms with Crippen molar-refractivity contribution < 1.29 is 22.8 Å². The topological polar surface area (TPSA) is 76.0 Å². The Morgan fingerprint density at radius 3 is 2.42 bits per heavy atom. The van der Waals surface area contributed by atoms with E-state index in [2.05, 4.69) is 15.8 Å². The number of aromatic nitrogens is 2. The first-order valence-corrected chi connectivity index (χ1v) is 10.5. The molecule has 6 nitrogen and oxygen atoms in total. The van der Waals surface area contributed by atoms with Crippen LogP contribution in [0.25, 0.3) is 11.0 Å². The number of carbonyl (C=O) groups is 2. The number of nitrogens with one attached hydrogen (secondary N) is 2. The molecule has 0 bridgehead atoms. The molecule has 3 rings (SSSR count). The zero-order valence-electron chi connectivity index (χ0n) is 16.5. The molecule has 2 N–H and O–H groups in total. The minimum atomic E-state index is -4.47. The van der Waals surface area contributed by atoms with Gasteiger partial charge < -0.3 is 4.57 Å². The Morgan fingerprint density at radius 2 is 1.81 bits per heavy atom. The molecule has 0 radical (unpaired) electrons. The number of rotatable bonds is 5. The van der Waals surface area contributed by atoms with Crippen molar-refractivity contribution in [1.82, 2.24) is 20.4 Å². The van der Waals surface area contributed by atoms with Crippen LogP contribution in [0, 0.1) is 0 Å². The van der Waals surface area contributed by atoms with E-state index in [1.165, 1.54) is 18.2 Å². The first kappa shape index (κ1) is 23.0. The Labute approximate surface area is 185 Å². The van der Waals surface area contributed by atoms with Gasteiger partial charge in [-0.3, -0.25) is 20.4 Å². The maximum absolute atomic E-state index is 13.0. The largest absolute Gasteiger partial charge is 0.416 e. The zero-order valence-corrected chi connectivity index (χ0v) is 18.0. The highest BCUT2D eigenvalue weighted by atomic mass is 35.5. The van der Waals surface area contributed by atoms with Crippen LogP contribution in [0.1, 0.15) is 35.8 Å². The number of carbonyl (C=O) groups excluding carboxylic acids is 2. The van der Waals surface area contributed by atoms with Crippen molar-refractivity contribution in [2.75, 3.05) is 5.75 Å². The lowest BCUT2D eigenvalue weighted by Gasteiger charge is -2.13. The van der Waals surface area contributed by atoms with E-state index in [0.717, 1.165) is 23.9 Å². The number of imidazole rings is 1. The quantitative estimate of drug-likeness (QED) is 0.413. The standard InChI is InChI=1S/C20H18ClF3N4O2S/c1-11(2)28-16-8-5-13(20(22,23)24)9-15(16)25-19(28)31-10-17(29)26-27-18(30)12-3-6-14(21)7-4-12/h3-9,11H,10H2,1-2H3,(H,26,29)(H,27,30). The van der Waals surface area contributed by atoms with Crippen molar-refractivity contribution in [2.24, 2.45) is 0 Å². The number of nitrogens with zero attached hydrogens (tertiary/aromatic N) is 2. The third-order valence-corrected chi connectivity index (χ3v) is 5.46. The first-order valence-electron chi connectivity index (χ1n) is 9.13. The van der Waals surface area contributed by atoms with Crippen molar-refractivity contribution in [1.29, 1.82) is 0 Å². The number of benzene rings is 2. The Kier molecular flexibility index (Phi) is 6.80. The number of alkyl halides is 3. The van der Waals surface area contributed by atoms with Gasteiger partial charge in [0.05, 0.1) is 22.3 Å². The zero-order chi connectivity index (χ0) is 22.8. The van der Waals surface area contributed by atoms with Gasteiger partial charge >= 0.3 is 6.18 Å². The van der Waals surface area contributed by atoms with Gasteiger partial charge in [-0.1, -0.05) is 23.4 Å². The van der Waals surface area contributed by atoms with E-state index in [1.807, 2.05) is 13.8 Å². The molecular weight excluding hydrogens is 453 g/mol. The minimum Gasteiger partial charge on any atom is -0.316 e. The van der Waals surface area contributed by atoms with Crippen molar-refractivity contribution in [3.63, 3.8) is 0 Å². The van der Waals surface area contributed by atoms with E-state index < -0.39 is 23.6 Å². The molecule has 0 saturated carbocycles. The van der Waals surface area contributed by atoms with Crippen molar-refractivity contribution in [3.8, 4) is 0 Å². The van der Waals surface area contributed by atoms with E-state index in [-0.39, 0.29) is 17.3 Å². The Balaban J connectivity index is 1.68. The van der Waals surface area contributed by atoms with Gasteiger partial charge in [-0.2, -0.15) is 13.2 Å². The van der Waals surface area contributed by atoms with Crippen LogP contribution in [0.3, 0.4) is 0 Å². The van der Waals surface area contributed by atoms with Gasteiger partial charge in [0.2, 0.25) is 5.91 Å². The van der Waals surface area contributed by atoms with Crippen LogP contribution in [0.2, 0.25) is 5.02 Å². The molecule has 164 valence electrons. The summed E-state index contributed by atoms with van der Waals surface area (Å²) < 4.78 is 40.7. The third-order valence-electron chi connectivity index (χ3n) is 4.26. The van der Waals surface area contributed by atoms with Crippen LogP contribution in [-0.4, -0.2) is 27.1 Å². The molecule has 2 amide bonds. The molecule has 2 aromatic carbocycles. The highest BCUT2D eigenvalue weighted by Crippen LogP contribution is 2.34. The first-order chi connectivity index (χ1) is 14.6. The molecule has 0 spiro atoms. The maximum atomic E-state index is 13.0. The predicted molar refractivity (Wildman–Crippen MR) is 113 cm³/mol. The summed E-state index contributed by atoms with van der Waals surface area (Å²) in [6, 6.07) is 9.42. The number of fused-ring (bicyclic) bond motifs is 1. The number of halogens is 4. The maximum Gasteiger partial charge on any atom is 0.416 e. The number of hydrogen-bond acceptors (Lipinski definition) is 4. The van der Waals surface area contributed by atoms with Gasteiger partial charge in [0.25, 0.3) is 5.91 Å². The van der Waals surface area contributed by atoms with Gasteiger partial charge in [0.1, 0.15) is 0 Å². The molecule has 31 heavy (non-hydrogen) atoms. The average Bonchev–Trinajstić information content (AvgIpc) is 3.08. The van der Waals surface area contributed by atoms with Crippen LogP contribution >= 0.6 is 23.4 Å². The fourth-order valence-corrected chi connectivity index (χ4v) is 3.89. The molecule has 1 aromatic heterocycles. The molecule has 0 unspecified atom stereocenters. The van der Waals surface area contributed by atoms with Gasteiger partial charge in [-0.25, -0.2) is 4.98 Å². The average molecular weight is 471 g/mol. The lowest BCUT2D eigenvalue weighted by Crippen LogP contribution is -2.42. The van der Waals surface area contributed by atoms with E-state index in [9.17, 15) is 22.8 Å².